The molecule has 2 rings (SSSR count). The minimum absolute atomic E-state index is 0.0470. The Morgan fingerprint density at radius 1 is 1.45 bits per heavy atom. The maximum Gasteiger partial charge on any atom is 0.242 e. The van der Waals surface area contributed by atoms with Gasteiger partial charge in [-0.05, 0) is 24.4 Å². The number of pyridine rings is 1. The highest BCUT2D eigenvalue weighted by molar-refractivity contribution is 7.09. The van der Waals surface area contributed by atoms with Crippen LogP contribution in [-0.2, 0) is 11.3 Å². The van der Waals surface area contributed by atoms with E-state index < -0.39 is 0 Å². The van der Waals surface area contributed by atoms with Crippen LogP contribution in [-0.4, -0.2) is 24.0 Å². The molecule has 0 bridgehead atoms. The molecule has 2 N–H and O–H groups in total. The van der Waals surface area contributed by atoms with Crippen LogP contribution >= 0.6 is 11.3 Å². The Morgan fingerprint density at radius 2 is 2.30 bits per heavy atom. The van der Waals surface area contributed by atoms with Gasteiger partial charge in [0.25, 0.3) is 0 Å². The molecule has 0 saturated heterocycles. The van der Waals surface area contributed by atoms with Gasteiger partial charge in [-0.1, -0.05) is 6.07 Å². The molecular weight excluding hydrogens is 274 g/mol. The van der Waals surface area contributed by atoms with Crippen LogP contribution in [0.2, 0.25) is 0 Å². The largest absolute Gasteiger partial charge is 0.481 e. The summed E-state index contributed by atoms with van der Waals surface area (Å²) in [6.07, 6.45) is 1.64. The first-order chi connectivity index (χ1) is 9.69. The Hall–Kier alpha value is -2.08. The van der Waals surface area contributed by atoms with Gasteiger partial charge in [0.1, 0.15) is 6.04 Å². The number of methoxy groups -OCH3 is 1. The quantitative estimate of drug-likeness (QED) is 0.857. The van der Waals surface area contributed by atoms with Gasteiger partial charge in [0.15, 0.2) is 0 Å². The number of rotatable bonds is 6. The van der Waals surface area contributed by atoms with Gasteiger partial charge in [-0.25, -0.2) is 4.98 Å². The average Bonchev–Trinajstić information content (AvgIpc) is 2.98. The highest BCUT2D eigenvalue weighted by Gasteiger charge is 2.12. The fraction of sp³-hybridized carbons (Fsp3) is 0.286. The lowest BCUT2D eigenvalue weighted by Crippen LogP contribution is -2.37. The summed E-state index contributed by atoms with van der Waals surface area (Å²) in [5, 5.41) is 7.98. The third-order valence-corrected chi connectivity index (χ3v) is 3.62. The second-order valence-corrected chi connectivity index (χ2v) is 5.28. The fourth-order valence-corrected chi connectivity index (χ4v) is 2.29. The molecular formula is C14H17N3O2S. The molecule has 0 aliphatic rings. The second kappa shape index (κ2) is 6.91. The van der Waals surface area contributed by atoms with Crippen molar-refractivity contribution in [1.82, 2.24) is 10.3 Å². The summed E-state index contributed by atoms with van der Waals surface area (Å²) in [5.41, 5.74) is 0.782. The number of nitrogens with zero attached hydrogens (tertiary/aromatic N) is 1. The Morgan fingerprint density at radius 3 is 2.90 bits per heavy atom. The van der Waals surface area contributed by atoms with Crippen molar-refractivity contribution in [2.45, 2.75) is 19.5 Å². The molecule has 2 aromatic heterocycles. The Kier molecular flexibility index (Phi) is 4.95. The summed E-state index contributed by atoms with van der Waals surface area (Å²) in [6, 6.07) is 7.21. The van der Waals surface area contributed by atoms with Crippen LogP contribution in [0, 0.1) is 0 Å². The molecule has 6 heteroatoms. The molecule has 0 aliphatic heterocycles. The molecule has 0 aromatic carbocycles. The van der Waals surface area contributed by atoms with Crippen molar-refractivity contribution < 1.29 is 9.53 Å². The number of carbonyl (C=O) groups is 1. The second-order valence-electron chi connectivity index (χ2n) is 4.25. The Balaban J connectivity index is 1.83. The molecule has 0 fully saturated rings. The van der Waals surface area contributed by atoms with Gasteiger partial charge in [-0.3, -0.25) is 4.79 Å². The SMILES string of the molecule is COc1ccc(NC(C)C(=O)NCc2cccs2)cn1. The van der Waals surface area contributed by atoms with E-state index in [-0.39, 0.29) is 11.9 Å². The van der Waals surface area contributed by atoms with Crippen LogP contribution in [0.3, 0.4) is 0 Å². The van der Waals surface area contributed by atoms with Gasteiger partial charge >= 0.3 is 0 Å². The minimum atomic E-state index is -0.329. The van der Waals surface area contributed by atoms with E-state index in [9.17, 15) is 4.79 Å². The van der Waals surface area contributed by atoms with Crippen molar-refractivity contribution in [3.05, 3.63) is 40.7 Å². The Labute approximate surface area is 122 Å². The van der Waals surface area contributed by atoms with Crippen LogP contribution in [0.5, 0.6) is 5.88 Å². The number of anilines is 1. The summed E-state index contributed by atoms with van der Waals surface area (Å²) in [6.45, 7) is 2.37. The van der Waals surface area contributed by atoms with E-state index in [1.807, 2.05) is 30.5 Å². The molecule has 2 aromatic rings. The standard InChI is InChI=1S/C14H17N3O2S/c1-10(14(18)16-9-12-4-3-7-20-12)17-11-5-6-13(19-2)15-8-11/h3-8,10,17H,9H2,1-2H3,(H,16,18). The highest BCUT2D eigenvalue weighted by atomic mass is 32.1. The molecule has 0 saturated carbocycles. The lowest BCUT2D eigenvalue weighted by atomic mass is 10.3. The van der Waals surface area contributed by atoms with E-state index in [0.717, 1.165) is 10.6 Å². The maximum atomic E-state index is 12.0. The van der Waals surface area contributed by atoms with Crippen LogP contribution in [0.4, 0.5) is 5.69 Å². The lowest BCUT2D eigenvalue weighted by Gasteiger charge is -2.14. The smallest absolute Gasteiger partial charge is 0.242 e. The molecule has 0 radical (unpaired) electrons. The maximum absolute atomic E-state index is 12.0. The van der Waals surface area contributed by atoms with E-state index in [4.69, 9.17) is 4.74 Å². The van der Waals surface area contributed by atoms with E-state index in [2.05, 4.69) is 15.6 Å². The molecule has 20 heavy (non-hydrogen) atoms. The first-order valence-electron chi connectivity index (χ1n) is 6.25. The molecule has 0 aliphatic carbocycles. The first-order valence-corrected chi connectivity index (χ1v) is 7.13. The summed E-state index contributed by atoms with van der Waals surface area (Å²) < 4.78 is 4.98. The van der Waals surface area contributed by atoms with Crippen molar-refractivity contribution in [1.29, 1.82) is 0 Å². The predicted molar refractivity (Wildman–Crippen MR) is 80.0 cm³/mol. The predicted octanol–water partition coefficient (Wildman–Crippen LogP) is 2.27. The zero-order valence-corrected chi connectivity index (χ0v) is 12.2. The molecule has 0 spiro atoms. The van der Waals surface area contributed by atoms with E-state index in [1.165, 1.54) is 0 Å². The monoisotopic (exact) mass is 291 g/mol. The molecule has 5 nitrogen and oxygen atoms in total. The van der Waals surface area contributed by atoms with Crippen LogP contribution in [0.15, 0.2) is 35.8 Å². The minimum Gasteiger partial charge on any atom is -0.481 e. The number of thiophene rings is 1. The fourth-order valence-electron chi connectivity index (χ4n) is 1.64. The zero-order chi connectivity index (χ0) is 14.4. The van der Waals surface area contributed by atoms with Gasteiger partial charge in [-0.15, -0.1) is 11.3 Å². The summed E-state index contributed by atoms with van der Waals surface area (Å²) in [7, 11) is 1.57. The Bertz CT molecular complexity index is 540. The van der Waals surface area contributed by atoms with Crippen molar-refractivity contribution in [2.24, 2.45) is 0 Å². The van der Waals surface area contributed by atoms with Gasteiger partial charge < -0.3 is 15.4 Å². The number of carbonyl (C=O) groups excluding carboxylic acids is 1. The highest BCUT2D eigenvalue weighted by Crippen LogP contribution is 2.12. The lowest BCUT2D eigenvalue weighted by molar-refractivity contribution is -0.121. The zero-order valence-electron chi connectivity index (χ0n) is 11.4. The topological polar surface area (TPSA) is 63.2 Å². The molecule has 2 heterocycles. The number of hydrogen-bond acceptors (Lipinski definition) is 5. The van der Waals surface area contributed by atoms with Crippen molar-refractivity contribution in [2.75, 3.05) is 12.4 Å². The van der Waals surface area contributed by atoms with Crippen LogP contribution in [0.25, 0.3) is 0 Å². The molecule has 1 atom stereocenters. The van der Waals surface area contributed by atoms with E-state index >= 15 is 0 Å². The number of ether oxygens (including phenoxy) is 1. The molecule has 1 amide bonds. The normalized spacial score (nSPS) is 11.7. The first kappa shape index (κ1) is 14.3. The molecule has 106 valence electrons. The van der Waals surface area contributed by atoms with Crippen molar-refractivity contribution in [3.8, 4) is 5.88 Å². The third kappa shape index (κ3) is 3.96. The number of hydrogen-bond donors (Lipinski definition) is 2. The summed E-state index contributed by atoms with van der Waals surface area (Å²) >= 11 is 1.63. The third-order valence-electron chi connectivity index (χ3n) is 2.74. The number of aromatic nitrogens is 1. The summed E-state index contributed by atoms with van der Waals surface area (Å²) in [4.78, 5) is 17.2. The van der Waals surface area contributed by atoms with Crippen LogP contribution in [0.1, 0.15) is 11.8 Å². The summed E-state index contributed by atoms with van der Waals surface area (Å²) in [5.74, 6) is 0.500. The van der Waals surface area contributed by atoms with E-state index in [1.54, 1.807) is 30.7 Å². The van der Waals surface area contributed by atoms with Gasteiger partial charge in [0.05, 0.1) is 25.5 Å². The average molecular weight is 291 g/mol. The van der Waals surface area contributed by atoms with Gasteiger partial charge in [-0.2, -0.15) is 0 Å². The van der Waals surface area contributed by atoms with Gasteiger partial charge in [0, 0.05) is 10.9 Å². The van der Waals surface area contributed by atoms with E-state index in [0.29, 0.717) is 12.4 Å². The van der Waals surface area contributed by atoms with Crippen molar-refractivity contribution >= 4 is 22.9 Å². The number of amides is 1. The van der Waals surface area contributed by atoms with Gasteiger partial charge in [0.2, 0.25) is 11.8 Å². The van der Waals surface area contributed by atoms with Crippen LogP contribution < -0.4 is 15.4 Å². The number of nitrogens with one attached hydrogen (secondary N) is 2. The molecule has 1 unspecified atom stereocenters. The van der Waals surface area contributed by atoms with Crippen molar-refractivity contribution in [3.63, 3.8) is 0 Å².